The fourth-order valence-corrected chi connectivity index (χ4v) is 2.45. The minimum absolute atomic E-state index is 0.00900. The molecule has 0 aromatic rings. The maximum atomic E-state index is 12.6. The summed E-state index contributed by atoms with van der Waals surface area (Å²) in [6, 6.07) is 0. The van der Waals surface area contributed by atoms with E-state index in [0.717, 1.165) is 6.92 Å². The second-order valence-electron chi connectivity index (χ2n) is 4.16. The Hall–Kier alpha value is -0.720. The smallest absolute Gasteiger partial charge is 0.363 e. The van der Waals surface area contributed by atoms with Gasteiger partial charge in [-0.1, -0.05) is 0 Å². The van der Waals surface area contributed by atoms with Gasteiger partial charge in [0.1, 0.15) is 0 Å². The first-order valence-corrected chi connectivity index (χ1v) is 4.62. The molecule has 7 heteroatoms. The van der Waals surface area contributed by atoms with Gasteiger partial charge in [0.2, 0.25) is 0 Å². The molecule has 92 valence electrons. The largest absolute Gasteiger partial charge is 0.415 e. The number of hydrogen-bond acceptors (Lipinski definition) is 1. The lowest BCUT2D eigenvalue weighted by atomic mass is 9.82. The second-order valence-corrected chi connectivity index (χ2v) is 4.16. The van der Waals surface area contributed by atoms with Crippen molar-refractivity contribution in [2.75, 3.05) is 0 Å². The van der Waals surface area contributed by atoms with E-state index in [2.05, 4.69) is 0 Å². The van der Waals surface area contributed by atoms with Crippen molar-refractivity contribution in [3.63, 3.8) is 0 Å². The van der Waals surface area contributed by atoms with Crippen LogP contribution in [0.2, 0.25) is 0 Å². The first kappa shape index (κ1) is 11.8. The minimum Gasteiger partial charge on any atom is -0.363 e. The molecule has 2 aliphatic heterocycles. The van der Waals surface area contributed by atoms with Crippen molar-refractivity contribution in [3.05, 3.63) is 11.1 Å². The summed E-state index contributed by atoms with van der Waals surface area (Å²) in [6.45, 7) is 1.06. The summed E-state index contributed by atoms with van der Waals surface area (Å²) >= 11 is 0. The standard InChI is InChI=1S/C9H8F6O/c1-7-3-2-4(16-7)5(8(10,11)12)6(7)9(13,14)15/h4H,2-3H2,1H3/t4-,7+/m1/s1. The molecule has 0 aromatic heterocycles. The molecule has 16 heavy (non-hydrogen) atoms. The molecule has 2 aliphatic rings. The van der Waals surface area contributed by atoms with E-state index in [0.29, 0.717) is 0 Å². The van der Waals surface area contributed by atoms with Crippen LogP contribution in [0.5, 0.6) is 0 Å². The molecule has 0 saturated carbocycles. The zero-order valence-electron chi connectivity index (χ0n) is 8.17. The average Bonchev–Trinajstić information content (AvgIpc) is 2.52. The molecule has 2 bridgehead atoms. The zero-order valence-corrected chi connectivity index (χ0v) is 8.17. The third kappa shape index (κ3) is 1.52. The summed E-state index contributed by atoms with van der Waals surface area (Å²) in [7, 11) is 0. The van der Waals surface area contributed by atoms with Crippen LogP contribution in [0.3, 0.4) is 0 Å². The van der Waals surface area contributed by atoms with E-state index in [-0.39, 0.29) is 12.8 Å². The summed E-state index contributed by atoms with van der Waals surface area (Å²) in [5.41, 5.74) is -4.93. The van der Waals surface area contributed by atoms with Gasteiger partial charge in [-0.3, -0.25) is 0 Å². The van der Waals surface area contributed by atoms with Crippen LogP contribution in [0.15, 0.2) is 11.1 Å². The monoisotopic (exact) mass is 246 g/mol. The van der Waals surface area contributed by atoms with E-state index in [9.17, 15) is 26.3 Å². The molecule has 2 rings (SSSR count). The van der Waals surface area contributed by atoms with Crippen molar-refractivity contribution in [1.82, 2.24) is 0 Å². The quantitative estimate of drug-likeness (QED) is 0.470. The van der Waals surface area contributed by atoms with Crippen molar-refractivity contribution < 1.29 is 31.1 Å². The van der Waals surface area contributed by atoms with Crippen LogP contribution >= 0.6 is 0 Å². The Morgan fingerprint density at radius 1 is 1.12 bits per heavy atom. The topological polar surface area (TPSA) is 9.23 Å². The van der Waals surface area contributed by atoms with Crippen LogP contribution in [-0.4, -0.2) is 24.1 Å². The van der Waals surface area contributed by atoms with Crippen molar-refractivity contribution in [2.24, 2.45) is 0 Å². The molecule has 0 N–H and O–H groups in total. The molecule has 0 aromatic carbocycles. The molecule has 0 amide bonds. The third-order valence-electron chi connectivity index (χ3n) is 2.99. The van der Waals surface area contributed by atoms with Crippen molar-refractivity contribution >= 4 is 0 Å². The Balaban J connectivity index is 2.59. The highest BCUT2D eigenvalue weighted by molar-refractivity contribution is 5.41. The number of fused-ring (bicyclic) bond motifs is 2. The highest BCUT2D eigenvalue weighted by Gasteiger charge is 2.63. The highest BCUT2D eigenvalue weighted by Crippen LogP contribution is 2.56. The Morgan fingerprint density at radius 2 is 1.69 bits per heavy atom. The van der Waals surface area contributed by atoms with Crippen molar-refractivity contribution in [2.45, 2.75) is 43.8 Å². The normalized spacial score (nSPS) is 35.1. The molecule has 1 saturated heterocycles. The number of rotatable bonds is 0. The van der Waals surface area contributed by atoms with Gasteiger partial charge in [0.05, 0.1) is 22.9 Å². The lowest BCUT2D eigenvalue weighted by Gasteiger charge is -2.27. The molecule has 2 atom stereocenters. The van der Waals surface area contributed by atoms with Gasteiger partial charge >= 0.3 is 12.4 Å². The van der Waals surface area contributed by atoms with Crippen LogP contribution in [0.1, 0.15) is 19.8 Å². The van der Waals surface area contributed by atoms with E-state index in [1.165, 1.54) is 0 Å². The maximum Gasteiger partial charge on any atom is 0.415 e. The van der Waals surface area contributed by atoms with E-state index in [4.69, 9.17) is 4.74 Å². The van der Waals surface area contributed by atoms with E-state index < -0.39 is 35.2 Å². The predicted molar refractivity (Wildman–Crippen MR) is 41.6 cm³/mol. The van der Waals surface area contributed by atoms with E-state index in [1.807, 2.05) is 0 Å². The summed E-state index contributed by atoms with van der Waals surface area (Å²) in [5.74, 6) is 0. The van der Waals surface area contributed by atoms with Crippen LogP contribution in [0.4, 0.5) is 26.3 Å². The second kappa shape index (κ2) is 2.94. The zero-order chi connectivity index (χ0) is 12.4. The minimum atomic E-state index is -4.99. The molecule has 0 unspecified atom stereocenters. The lowest BCUT2D eigenvalue weighted by molar-refractivity contribution is -0.122. The SMILES string of the molecule is C[C@@]12CC[C@@H](O1)C(C(F)(F)F)=C2C(F)(F)F. The van der Waals surface area contributed by atoms with Gasteiger partial charge in [0, 0.05) is 0 Å². The van der Waals surface area contributed by atoms with Crippen LogP contribution < -0.4 is 0 Å². The molecule has 0 radical (unpaired) electrons. The summed E-state index contributed by atoms with van der Waals surface area (Å²) in [6.07, 6.45) is -11.5. The Bertz CT molecular complexity index is 352. The Kier molecular flexibility index (Phi) is 2.16. The molecule has 2 heterocycles. The van der Waals surface area contributed by atoms with E-state index >= 15 is 0 Å². The van der Waals surface area contributed by atoms with Gasteiger partial charge in [0.25, 0.3) is 0 Å². The molecule has 0 spiro atoms. The van der Waals surface area contributed by atoms with Crippen LogP contribution in [0.25, 0.3) is 0 Å². The predicted octanol–water partition coefficient (Wildman–Crippen LogP) is 3.36. The van der Waals surface area contributed by atoms with Gasteiger partial charge in [0.15, 0.2) is 0 Å². The summed E-state index contributed by atoms with van der Waals surface area (Å²) in [4.78, 5) is 0. The first-order chi connectivity index (χ1) is 7.06. The summed E-state index contributed by atoms with van der Waals surface area (Å²) < 4.78 is 80.2. The fraction of sp³-hybridized carbons (Fsp3) is 0.778. The van der Waals surface area contributed by atoms with Crippen LogP contribution in [0, 0.1) is 0 Å². The fourth-order valence-electron chi connectivity index (χ4n) is 2.45. The van der Waals surface area contributed by atoms with Gasteiger partial charge in [-0.25, -0.2) is 0 Å². The molecule has 0 aliphatic carbocycles. The number of ether oxygens (including phenoxy) is 1. The van der Waals surface area contributed by atoms with Gasteiger partial charge in [-0.15, -0.1) is 0 Å². The van der Waals surface area contributed by atoms with Gasteiger partial charge in [-0.05, 0) is 19.8 Å². The number of hydrogen-bond donors (Lipinski definition) is 0. The summed E-state index contributed by atoms with van der Waals surface area (Å²) in [5, 5.41) is 0. The highest BCUT2D eigenvalue weighted by atomic mass is 19.4. The van der Waals surface area contributed by atoms with Crippen LogP contribution in [-0.2, 0) is 4.74 Å². The molecular formula is C9H8F6O. The van der Waals surface area contributed by atoms with Gasteiger partial charge < -0.3 is 4.74 Å². The van der Waals surface area contributed by atoms with Crippen molar-refractivity contribution in [3.8, 4) is 0 Å². The van der Waals surface area contributed by atoms with Crippen molar-refractivity contribution in [1.29, 1.82) is 0 Å². The lowest BCUT2D eigenvalue weighted by Crippen LogP contribution is -2.35. The van der Waals surface area contributed by atoms with Gasteiger partial charge in [-0.2, -0.15) is 26.3 Å². The maximum absolute atomic E-state index is 12.6. The third-order valence-corrected chi connectivity index (χ3v) is 2.99. The molecule has 1 nitrogen and oxygen atoms in total. The Morgan fingerprint density at radius 3 is 2.06 bits per heavy atom. The average molecular weight is 246 g/mol. The Labute approximate surface area is 87.1 Å². The number of alkyl halides is 6. The van der Waals surface area contributed by atoms with E-state index in [1.54, 1.807) is 0 Å². The first-order valence-electron chi connectivity index (χ1n) is 4.62. The number of halogens is 6. The molecule has 1 fully saturated rings. The molecular weight excluding hydrogens is 238 g/mol.